The van der Waals surface area contributed by atoms with Gasteiger partial charge in [0.05, 0.1) is 12.6 Å². The van der Waals surface area contributed by atoms with E-state index in [1.165, 1.54) is 11.8 Å². The number of benzene rings is 2. The Morgan fingerprint density at radius 3 is 2.50 bits per heavy atom. The number of aliphatic hydroxyl groups is 1. The van der Waals surface area contributed by atoms with Crippen LogP contribution in [0.5, 0.6) is 0 Å². The third-order valence-electron chi connectivity index (χ3n) is 4.55. The van der Waals surface area contributed by atoms with Crippen LogP contribution in [0.25, 0.3) is 0 Å². The van der Waals surface area contributed by atoms with E-state index in [9.17, 15) is 5.11 Å². The predicted molar refractivity (Wildman–Crippen MR) is 100.0 cm³/mol. The van der Waals surface area contributed by atoms with Gasteiger partial charge in [-0.15, -0.1) is 0 Å². The third-order valence-corrected chi connectivity index (χ3v) is 6.00. The fourth-order valence-corrected chi connectivity index (χ4v) is 4.35. The molecule has 3 unspecified atom stereocenters. The second kappa shape index (κ2) is 7.86. The smallest absolute Gasteiger partial charge is 0.184 e. The number of nitrogens with two attached hydrogens (primary N) is 1. The van der Waals surface area contributed by atoms with E-state index < -0.39 is 30.0 Å². The molecular weight excluding hydrogens is 374 g/mol. The normalized spacial score (nSPS) is 34.3. The minimum Gasteiger partial charge on any atom is -0.389 e. The van der Waals surface area contributed by atoms with E-state index in [1.54, 1.807) is 0 Å². The van der Waals surface area contributed by atoms with Gasteiger partial charge in [0.15, 0.2) is 6.29 Å². The van der Waals surface area contributed by atoms with Gasteiger partial charge in [-0.25, -0.2) is 0 Å². The first kappa shape index (κ1) is 18.3. The van der Waals surface area contributed by atoms with Crippen molar-refractivity contribution in [3.63, 3.8) is 0 Å². The van der Waals surface area contributed by atoms with Gasteiger partial charge < -0.3 is 25.1 Å². The van der Waals surface area contributed by atoms with Gasteiger partial charge in [0.1, 0.15) is 23.7 Å². The van der Waals surface area contributed by atoms with Crippen LogP contribution in [0.3, 0.4) is 0 Å². The van der Waals surface area contributed by atoms with E-state index >= 15 is 0 Å². The molecule has 2 heterocycles. The molecule has 6 atom stereocenters. The SMILES string of the molecule is NC1[C@@H](O)[C@@H]2OC(c3ccccc3)OCC2O[C@H]1Sc1ccc(Cl)cc1. The zero-order valence-electron chi connectivity index (χ0n) is 13.9. The van der Waals surface area contributed by atoms with E-state index in [0.29, 0.717) is 11.6 Å². The van der Waals surface area contributed by atoms with Gasteiger partial charge >= 0.3 is 0 Å². The maximum Gasteiger partial charge on any atom is 0.184 e. The van der Waals surface area contributed by atoms with Gasteiger partial charge in [0.25, 0.3) is 0 Å². The van der Waals surface area contributed by atoms with Crippen LogP contribution >= 0.6 is 23.4 Å². The molecule has 0 amide bonds. The van der Waals surface area contributed by atoms with Crippen molar-refractivity contribution in [1.29, 1.82) is 0 Å². The van der Waals surface area contributed by atoms with Crippen LogP contribution < -0.4 is 5.73 Å². The Morgan fingerprint density at radius 2 is 1.77 bits per heavy atom. The summed E-state index contributed by atoms with van der Waals surface area (Å²) in [7, 11) is 0. The Balaban J connectivity index is 1.45. The number of hydrogen-bond donors (Lipinski definition) is 2. The molecule has 4 rings (SSSR count). The first-order valence-corrected chi connectivity index (χ1v) is 9.71. The molecule has 2 aromatic carbocycles. The summed E-state index contributed by atoms with van der Waals surface area (Å²) in [6, 6.07) is 16.5. The molecule has 2 saturated heterocycles. The number of hydrogen-bond acceptors (Lipinski definition) is 6. The Morgan fingerprint density at radius 1 is 1.04 bits per heavy atom. The van der Waals surface area contributed by atoms with Crippen LogP contribution in [-0.4, -0.2) is 41.5 Å². The first-order chi connectivity index (χ1) is 12.6. The van der Waals surface area contributed by atoms with E-state index in [0.717, 1.165) is 10.5 Å². The summed E-state index contributed by atoms with van der Waals surface area (Å²) in [5.74, 6) is 0. The van der Waals surface area contributed by atoms with Crippen LogP contribution in [-0.2, 0) is 14.2 Å². The first-order valence-electron chi connectivity index (χ1n) is 8.45. The van der Waals surface area contributed by atoms with Crippen LogP contribution in [0, 0.1) is 0 Å². The van der Waals surface area contributed by atoms with E-state index in [-0.39, 0.29) is 6.10 Å². The van der Waals surface area contributed by atoms with Crippen molar-refractivity contribution in [3.05, 3.63) is 65.2 Å². The van der Waals surface area contributed by atoms with E-state index in [1.807, 2.05) is 54.6 Å². The summed E-state index contributed by atoms with van der Waals surface area (Å²) in [5, 5.41) is 11.4. The van der Waals surface area contributed by atoms with Gasteiger partial charge in [0, 0.05) is 15.5 Å². The summed E-state index contributed by atoms with van der Waals surface area (Å²) in [6.45, 7) is 0.339. The van der Waals surface area contributed by atoms with Crippen molar-refractivity contribution in [2.45, 2.75) is 41.0 Å². The molecule has 5 nitrogen and oxygen atoms in total. The van der Waals surface area contributed by atoms with Gasteiger partial charge in [-0.1, -0.05) is 53.7 Å². The molecule has 2 aromatic rings. The zero-order chi connectivity index (χ0) is 18.1. The lowest BCUT2D eigenvalue weighted by Gasteiger charge is -2.46. The highest BCUT2D eigenvalue weighted by atomic mass is 35.5. The molecule has 0 spiro atoms. The van der Waals surface area contributed by atoms with Crippen molar-refractivity contribution < 1.29 is 19.3 Å². The van der Waals surface area contributed by atoms with Crippen molar-refractivity contribution >= 4 is 23.4 Å². The average molecular weight is 394 g/mol. The molecule has 3 N–H and O–H groups in total. The molecule has 138 valence electrons. The third kappa shape index (κ3) is 3.77. The molecule has 0 saturated carbocycles. The summed E-state index contributed by atoms with van der Waals surface area (Å²) < 4.78 is 17.9. The molecule has 0 aliphatic carbocycles. The molecule has 2 aliphatic rings. The minimum absolute atomic E-state index is 0.339. The Bertz CT molecular complexity index is 730. The molecule has 0 radical (unpaired) electrons. The molecular formula is C19H20ClNO4S. The monoisotopic (exact) mass is 393 g/mol. The van der Waals surface area contributed by atoms with Crippen LogP contribution in [0.2, 0.25) is 5.02 Å². The maximum atomic E-state index is 10.7. The molecule has 0 aromatic heterocycles. The topological polar surface area (TPSA) is 73.9 Å². The van der Waals surface area contributed by atoms with Crippen LogP contribution in [0.4, 0.5) is 0 Å². The standard InChI is InChI=1S/C19H20ClNO4S/c20-12-6-8-13(9-7-12)26-19-15(21)16(22)17-14(24-19)10-23-18(25-17)11-4-2-1-3-5-11/h1-9,14-19,22H,10,21H2/t14?,15?,16-,17-,18?,19+/m1/s1. The highest BCUT2D eigenvalue weighted by Gasteiger charge is 2.48. The lowest BCUT2D eigenvalue weighted by atomic mass is 9.97. The molecule has 2 aliphatic heterocycles. The summed E-state index contributed by atoms with van der Waals surface area (Å²) in [5.41, 5.74) is 6.76. The Hall–Kier alpha value is -1.12. The van der Waals surface area contributed by atoms with E-state index in [4.69, 9.17) is 31.5 Å². The lowest BCUT2D eigenvalue weighted by Crippen LogP contribution is -2.63. The Labute approximate surface area is 161 Å². The Kier molecular flexibility index (Phi) is 5.52. The maximum absolute atomic E-state index is 10.7. The highest BCUT2D eigenvalue weighted by Crippen LogP contribution is 2.38. The van der Waals surface area contributed by atoms with Crippen molar-refractivity contribution in [2.75, 3.05) is 6.61 Å². The molecule has 7 heteroatoms. The molecule has 0 bridgehead atoms. The lowest BCUT2D eigenvalue weighted by molar-refractivity contribution is -0.305. The molecule has 2 fully saturated rings. The number of halogens is 1. The fourth-order valence-electron chi connectivity index (χ4n) is 3.15. The van der Waals surface area contributed by atoms with Crippen molar-refractivity contribution in [1.82, 2.24) is 0 Å². The molecule has 26 heavy (non-hydrogen) atoms. The number of ether oxygens (including phenoxy) is 3. The quantitative estimate of drug-likeness (QED) is 0.835. The van der Waals surface area contributed by atoms with Crippen molar-refractivity contribution in [3.8, 4) is 0 Å². The zero-order valence-corrected chi connectivity index (χ0v) is 15.5. The van der Waals surface area contributed by atoms with Gasteiger partial charge in [-0.2, -0.15) is 0 Å². The predicted octanol–water partition coefficient (Wildman–Crippen LogP) is 2.96. The average Bonchev–Trinajstić information content (AvgIpc) is 2.68. The van der Waals surface area contributed by atoms with Crippen molar-refractivity contribution in [2.24, 2.45) is 5.73 Å². The number of aliphatic hydroxyl groups excluding tert-OH is 1. The van der Waals surface area contributed by atoms with E-state index in [2.05, 4.69) is 0 Å². The minimum atomic E-state index is -0.839. The van der Waals surface area contributed by atoms with Crippen LogP contribution in [0.15, 0.2) is 59.5 Å². The summed E-state index contributed by atoms with van der Waals surface area (Å²) in [6.07, 6.45) is -2.25. The van der Waals surface area contributed by atoms with Crippen LogP contribution in [0.1, 0.15) is 11.9 Å². The fraction of sp³-hybridized carbons (Fsp3) is 0.368. The summed E-state index contributed by atoms with van der Waals surface area (Å²) >= 11 is 7.38. The van der Waals surface area contributed by atoms with Gasteiger partial charge in [-0.3, -0.25) is 0 Å². The second-order valence-corrected chi connectivity index (χ2v) is 7.97. The number of fused-ring (bicyclic) bond motifs is 1. The summed E-state index contributed by atoms with van der Waals surface area (Å²) in [4.78, 5) is 0.973. The second-order valence-electron chi connectivity index (χ2n) is 6.36. The number of thioether (sulfide) groups is 1. The van der Waals surface area contributed by atoms with Gasteiger partial charge in [-0.05, 0) is 24.3 Å². The van der Waals surface area contributed by atoms with Gasteiger partial charge in [0.2, 0.25) is 0 Å². The largest absolute Gasteiger partial charge is 0.389 e. The highest BCUT2D eigenvalue weighted by molar-refractivity contribution is 7.99. The number of rotatable bonds is 3.